The Hall–Kier alpha value is -3.59. The predicted molar refractivity (Wildman–Crippen MR) is 213 cm³/mol. The normalized spacial score (nSPS) is 17.8. The molecule has 0 aliphatic carbocycles. The Kier molecular flexibility index (Phi) is 18.8. The summed E-state index contributed by atoms with van der Waals surface area (Å²) in [5.41, 5.74) is 3.31. The molecule has 0 saturated carbocycles. The van der Waals surface area contributed by atoms with Gasteiger partial charge in [-0.25, -0.2) is 10.8 Å². The number of rotatable bonds is 22. The minimum absolute atomic E-state index is 0.0603. The first-order chi connectivity index (χ1) is 25.8. The standard InChI is InChI=1S/C40H65N7O6S/c1-8-19-47(40(52)35(26(6)10-3)45-37(50)31-13-11-12-18-42-31)33(25(4)5)23-34(53-20-9-2)39-44-32(24-54-39)38(51)43-29(21-27(7)36(49)46-41)22-28-14-16-30(48)17-15-28/h14-17,24-27,29,31,33-35,42,48H,8-13,18-23,41H2,1-7H3,(H,43,51)(H,45,50)(H,46,49)/t26-,27-,29+,31+,33+,34+,35-/m0/s1. The highest BCUT2D eigenvalue weighted by molar-refractivity contribution is 7.09. The number of nitrogens with zero attached hydrogens (tertiary/aromatic N) is 2. The van der Waals surface area contributed by atoms with E-state index in [1.807, 2.05) is 25.7 Å². The molecule has 1 aliphatic rings. The smallest absolute Gasteiger partial charge is 0.270 e. The summed E-state index contributed by atoms with van der Waals surface area (Å²) in [6.45, 7) is 15.9. The molecule has 0 spiro atoms. The van der Waals surface area contributed by atoms with Crippen LogP contribution in [0.4, 0.5) is 0 Å². The Morgan fingerprint density at radius 3 is 2.35 bits per heavy atom. The molecule has 13 nitrogen and oxygen atoms in total. The molecule has 3 rings (SSSR count). The van der Waals surface area contributed by atoms with Crippen LogP contribution in [0.25, 0.3) is 0 Å². The monoisotopic (exact) mass is 771 g/mol. The van der Waals surface area contributed by atoms with Gasteiger partial charge in [-0.1, -0.05) is 73.4 Å². The summed E-state index contributed by atoms with van der Waals surface area (Å²) in [6, 6.07) is 5.15. The van der Waals surface area contributed by atoms with Crippen molar-refractivity contribution in [1.29, 1.82) is 0 Å². The van der Waals surface area contributed by atoms with Crippen LogP contribution in [-0.4, -0.2) is 82.5 Å². The van der Waals surface area contributed by atoms with Crippen molar-refractivity contribution in [1.82, 2.24) is 31.3 Å². The summed E-state index contributed by atoms with van der Waals surface area (Å²) in [5, 5.41) is 21.6. The third-order valence-corrected chi connectivity index (χ3v) is 11.2. The van der Waals surface area contributed by atoms with Gasteiger partial charge in [0.25, 0.3) is 5.91 Å². The van der Waals surface area contributed by atoms with Gasteiger partial charge in [-0.05, 0) is 74.6 Å². The van der Waals surface area contributed by atoms with Gasteiger partial charge in [0.2, 0.25) is 17.7 Å². The van der Waals surface area contributed by atoms with Crippen molar-refractivity contribution in [3.63, 3.8) is 0 Å². The highest BCUT2D eigenvalue weighted by Gasteiger charge is 2.37. The van der Waals surface area contributed by atoms with Crippen LogP contribution >= 0.6 is 11.3 Å². The highest BCUT2D eigenvalue weighted by atomic mass is 32.1. The minimum atomic E-state index is -0.655. The van der Waals surface area contributed by atoms with Crippen LogP contribution in [0.1, 0.15) is 127 Å². The Balaban J connectivity index is 1.86. The quantitative estimate of drug-likeness (QED) is 0.0544. The van der Waals surface area contributed by atoms with E-state index in [0.29, 0.717) is 37.4 Å². The Morgan fingerprint density at radius 2 is 1.76 bits per heavy atom. The van der Waals surface area contributed by atoms with E-state index in [1.165, 1.54) is 11.3 Å². The number of carbonyl (C=O) groups excluding carboxylic acids is 4. The number of hydrogen-bond acceptors (Lipinski definition) is 10. The molecule has 1 aromatic heterocycles. The molecule has 0 unspecified atom stereocenters. The molecule has 2 heterocycles. The molecule has 4 amide bonds. The van der Waals surface area contributed by atoms with E-state index in [1.54, 1.807) is 36.6 Å². The number of ether oxygens (including phenoxy) is 1. The first kappa shape index (κ1) is 44.8. The third kappa shape index (κ3) is 13.3. The van der Waals surface area contributed by atoms with Crippen LogP contribution in [0.2, 0.25) is 0 Å². The molecule has 7 N–H and O–H groups in total. The van der Waals surface area contributed by atoms with Gasteiger partial charge >= 0.3 is 0 Å². The number of aromatic nitrogens is 1. The predicted octanol–water partition coefficient (Wildman–Crippen LogP) is 5.00. The van der Waals surface area contributed by atoms with Gasteiger partial charge in [-0.2, -0.15) is 0 Å². The van der Waals surface area contributed by atoms with Gasteiger partial charge in [0.15, 0.2) is 0 Å². The largest absolute Gasteiger partial charge is 0.508 e. The molecule has 2 aromatic rings. The number of hydrazine groups is 1. The minimum Gasteiger partial charge on any atom is -0.508 e. The van der Waals surface area contributed by atoms with Crippen molar-refractivity contribution in [3.05, 3.63) is 45.9 Å². The van der Waals surface area contributed by atoms with Crippen LogP contribution in [0, 0.1) is 17.8 Å². The summed E-state index contributed by atoms with van der Waals surface area (Å²) in [7, 11) is 0. The Labute approximate surface area is 325 Å². The molecule has 7 atom stereocenters. The topological polar surface area (TPSA) is 188 Å². The molecule has 1 aliphatic heterocycles. The number of nitrogens with one attached hydrogen (secondary N) is 4. The Morgan fingerprint density at radius 1 is 1.04 bits per heavy atom. The molecule has 1 aromatic carbocycles. The van der Waals surface area contributed by atoms with Crippen LogP contribution in [-0.2, 0) is 25.5 Å². The number of amides is 4. The molecule has 0 radical (unpaired) electrons. The lowest BCUT2D eigenvalue weighted by Crippen LogP contribution is -2.58. The van der Waals surface area contributed by atoms with E-state index < -0.39 is 24.1 Å². The lowest BCUT2D eigenvalue weighted by Gasteiger charge is -2.39. The third-order valence-electron chi connectivity index (χ3n) is 10.3. The Bertz CT molecular complexity index is 1460. The maximum atomic E-state index is 14.6. The van der Waals surface area contributed by atoms with Crippen molar-refractivity contribution in [2.45, 2.75) is 137 Å². The lowest BCUT2D eigenvalue weighted by atomic mass is 9.92. The molecular formula is C40H65N7O6S. The van der Waals surface area contributed by atoms with Gasteiger partial charge in [0.1, 0.15) is 28.6 Å². The number of phenolic OH excluding ortho intramolecular Hbond substituents is 1. The van der Waals surface area contributed by atoms with Gasteiger partial charge in [0.05, 0.1) is 6.04 Å². The zero-order valence-electron chi connectivity index (χ0n) is 33.4. The summed E-state index contributed by atoms with van der Waals surface area (Å²) < 4.78 is 6.42. The fourth-order valence-electron chi connectivity index (χ4n) is 6.94. The zero-order chi connectivity index (χ0) is 39.8. The van der Waals surface area contributed by atoms with E-state index >= 15 is 0 Å². The van der Waals surface area contributed by atoms with E-state index in [2.05, 4.69) is 42.1 Å². The number of thiazole rings is 1. The molecule has 1 saturated heterocycles. The number of piperidine rings is 1. The second kappa shape index (κ2) is 22.7. The van der Waals surface area contributed by atoms with Crippen LogP contribution in [0.15, 0.2) is 29.6 Å². The summed E-state index contributed by atoms with van der Waals surface area (Å²) >= 11 is 1.34. The number of carbonyl (C=O) groups is 4. The maximum absolute atomic E-state index is 14.6. The molecular weight excluding hydrogens is 707 g/mol. The van der Waals surface area contributed by atoms with Gasteiger partial charge in [-0.3, -0.25) is 24.6 Å². The van der Waals surface area contributed by atoms with Gasteiger partial charge in [-0.15, -0.1) is 11.3 Å². The van der Waals surface area contributed by atoms with E-state index in [-0.39, 0.29) is 59.0 Å². The summed E-state index contributed by atoms with van der Waals surface area (Å²) in [4.78, 5) is 60.6. The summed E-state index contributed by atoms with van der Waals surface area (Å²) in [6.07, 6.45) is 5.82. The van der Waals surface area contributed by atoms with Crippen molar-refractivity contribution in [3.8, 4) is 5.75 Å². The molecule has 1 fully saturated rings. The van der Waals surface area contributed by atoms with Crippen molar-refractivity contribution >= 4 is 35.0 Å². The van der Waals surface area contributed by atoms with E-state index in [9.17, 15) is 24.3 Å². The highest BCUT2D eigenvalue weighted by Crippen LogP contribution is 2.32. The average molecular weight is 772 g/mol. The van der Waals surface area contributed by atoms with Crippen LogP contribution in [0.3, 0.4) is 0 Å². The first-order valence-corrected chi connectivity index (χ1v) is 20.7. The van der Waals surface area contributed by atoms with Gasteiger partial charge < -0.3 is 30.7 Å². The lowest BCUT2D eigenvalue weighted by molar-refractivity contribution is -0.142. The zero-order valence-corrected chi connectivity index (χ0v) is 34.2. The number of aromatic hydroxyl groups is 1. The molecule has 302 valence electrons. The molecule has 14 heteroatoms. The van der Waals surface area contributed by atoms with Crippen molar-refractivity contribution in [2.24, 2.45) is 23.6 Å². The molecule has 54 heavy (non-hydrogen) atoms. The molecule has 0 bridgehead atoms. The van der Waals surface area contributed by atoms with Crippen LogP contribution < -0.4 is 27.2 Å². The fourth-order valence-corrected chi connectivity index (χ4v) is 7.79. The maximum Gasteiger partial charge on any atom is 0.270 e. The summed E-state index contributed by atoms with van der Waals surface area (Å²) in [5.74, 6) is 4.16. The fraction of sp³-hybridized carbons (Fsp3) is 0.675. The second-order valence-corrected chi connectivity index (χ2v) is 16.0. The average Bonchev–Trinajstić information content (AvgIpc) is 3.67. The number of nitrogens with two attached hydrogens (primary N) is 1. The van der Waals surface area contributed by atoms with Crippen molar-refractivity contribution < 1.29 is 29.0 Å². The number of hydrogen-bond donors (Lipinski definition) is 6. The van der Waals surface area contributed by atoms with E-state index in [4.69, 9.17) is 15.6 Å². The first-order valence-electron chi connectivity index (χ1n) is 19.8. The van der Waals surface area contributed by atoms with Crippen LogP contribution in [0.5, 0.6) is 5.75 Å². The number of phenols is 1. The second-order valence-electron chi connectivity index (χ2n) is 15.1. The van der Waals surface area contributed by atoms with E-state index in [0.717, 1.165) is 50.6 Å². The van der Waals surface area contributed by atoms with Gasteiger partial charge in [0, 0.05) is 43.0 Å². The SMILES string of the molecule is CCCO[C@H](C[C@H](C(C)C)N(CCC)C(=O)[C@@H](NC(=O)[C@H]1CCCCN1)[C@@H](C)CC)c1nc(C(=O)N[C@@H](Cc2ccc(O)cc2)C[C@H](C)C(=O)NN)cs1. The van der Waals surface area contributed by atoms with Crippen molar-refractivity contribution in [2.75, 3.05) is 19.7 Å². The number of benzene rings is 1.